The van der Waals surface area contributed by atoms with Crippen molar-refractivity contribution in [3.8, 4) is 5.75 Å². The fourth-order valence-electron chi connectivity index (χ4n) is 1.42. The third-order valence-corrected chi connectivity index (χ3v) is 2.26. The van der Waals surface area contributed by atoms with Gasteiger partial charge >= 0.3 is 6.18 Å². The lowest BCUT2D eigenvalue weighted by Gasteiger charge is -2.28. The summed E-state index contributed by atoms with van der Waals surface area (Å²) in [6.07, 6.45) is -4.42. The number of ether oxygens (including phenoxy) is 1. The highest BCUT2D eigenvalue weighted by molar-refractivity contribution is 5.41. The molecule has 0 heterocycles. The second-order valence-electron chi connectivity index (χ2n) is 3.31. The molecule has 2 nitrogen and oxygen atoms in total. The molecule has 17 heavy (non-hydrogen) atoms. The number of rotatable bonds is 3. The summed E-state index contributed by atoms with van der Waals surface area (Å²) in [6, 6.07) is 5.37. The van der Waals surface area contributed by atoms with Gasteiger partial charge in [-0.15, -0.1) is 5.73 Å². The molecule has 5 heteroatoms. The maximum atomic E-state index is 12.9. The van der Waals surface area contributed by atoms with Gasteiger partial charge in [0.25, 0.3) is 0 Å². The van der Waals surface area contributed by atoms with Crippen LogP contribution in [0, 0.1) is 0 Å². The second-order valence-corrected chi connectivity index (χ2v) is 3.31. The van der Waals surface area contributed by atoms with Gasteiger partial charge in [0, 0.05) is 11.6 Å². The van der Waals surface area contributed by atoms with Crippen molar-refractivity contribution >= 4 is 0 Å². The Kier molecular flexibility index (Phi) is 3.66. The first-order valence-electron chi connectivity index (χ1n) is 4.66. The number of alkyl halides is 3. The lowest BCUT2D eigenvalue weighted by Crippen LogP contribution is -2.40. The number of para-hydroxylation sites is 1. The van der Waals surface area contributed by atoms with Crippen LogP contribution in [0.4, 0.5) is 13.2 Å². The number of halogens is 3. The molecule has 0 radical (unpaired) electrons. The third-order valence-electron chi connectivity index (χ3n) is 2.26. The molecule has 1 aromatic rings. The van der Waals surface area contributed by atoms with Gasteiger partial charge in [0.05, 0.1) is 7.11 Å². The smallest absolute Gasteiger partial charge is 0.425 e. The van der Waals surface area contributed by atoms with Crippen molar-refractivity contribution in [1.29, 1.82) is 0 Å². The van der Waals surface area contributed by atoms with E-state index in [2.05, 4.69) is 6.58 Å². The molecule has 0 bridgehead atoms. The van der Waals surface area contributed by atoms with Crippen LogP contribution in [0.5, 0.6) is 5.75 Å². The minimum atomic E-state index is -4.88. The topological polar surface area (TPSA) is 29.5 Å². The summed E-state index contributed by atoms with van der Waals surface area (Å²) >= 11 is 0. The molecule has 0 amide bonds. The molecule has 0 unspecified atom stereocenters. The van der Waals surface area contributed by atoms with Crippen LogP contribution in [-0.2, 0) is 5.60 Å². The normalized spacial score (nSPS) is 14.6. The molecule has 0 saturated heterocycles. The van der Waals surface area contributed by atoms with Gasteiger partial charge < -0.3 is 9.84 Å². The SMILES string of the molecule is C=C=C[C@@](O)(c1ccccc1OC)C(F)(F)F. The maximum absolute atomic E-state index is 12.9. The van der Waals surface area contributed by atoms with Crippen molar-refractivity contribution in [3.05, 3.63) is 48.2 Å². The summed E-state index contributed by atoms with van der Waals surface area (Å²) in [6.45, 7) is 3.06. The Morgan fingerprint density at radius 3 is 2.41 bits per heavy atom. The highest BCUT2D eigenvalue weighted by Crippen LogP contribution is 2.43. The van der Waals surface area contributed by atoms with E-state index in [0.717, 1.165) is 6.07 Å². The van der Waals surface area contributed by atoms with E-state index in [1.165, 1.54) is 25.3 Å². The second kappa shape index (κ2) is 4.65. The van der Waals surface area contributed by atoms with Gasteiger partial charge in [0.2, 0.25) is 5.60 Å². The Bertz CT molecular complexity index is 447. The van der Waals surface area contributed by atoms with Gasteiger partial charge in [-0.1, -0.05) is 24.8 Å². The van der Waals surface area contributed by atoms with Crippen molar-refractivity contribution in [2.45, 2.75) is 11.8 Å². The summed E-state index contributed by atoms with van der Waals surface area (Å²) in [5.41, 5.74) is -1.58. The number of hydrogen-bond acceptors (Lipinski definition) is 2. The molecule has 1 atom stereocenters. The van der Waals surface area contributed by atoms with Crippen LogP contribution < -0.4 is 4.74 Å². The van der Waals surface area contributed by atoms with Crippen molar-refractivity contribution < 1.29 is 23.0 Å². The molecule has 1 N–H and O–H groups in total. The number of methoxy groups -OCH3 is 1. The van der Waals surface area contributed by atoms with E-state index < -0.39 is 17.3 Å². The van der Waals surface area contributed by atoms with Crippen LogP contribution in [0.2, 0.25) is 0 Å². The van der Waals surface area contributed by atoms with Crippen LogP contribution in [0.1, 0.15) is 5.56 Å². The van der Waals surface area contributed by atoms with Crippen molar-refractivity contribution in [1.82, 2.24) is 0 Å². The van der Waals surface area contributed by atoms with E-state index in [4.69, 9.17) is 4.74 Å². The lowest BCUT2D eigenvalue weighted by molar-refractivity contribution is -0.245. The van der Waals surface area contributed by atoms with E-state index in [1.54, 1.807) is 0 Å². The van der Waals surface area contributed by atoms with Crippen LogP contribution >= 0.6 is 0 Å². The Morgan fingerprint density at radius 1 is 1.35 bits per heavy atom. The maximum Gasteiger partial charge on any atom is 0.425 e. The molecule has 0 saturated carbocycles. The van der Waals surface area contributed by atoms with Gasteiger partial charge in [0.15, 0.2) is 0 Å². The molecule has 0 fully saturated rings. The van der Waals surface area contributed by atoms with E-state index in [9.17, 15) is 18.3 Å². The van der Waals surface area contributed by atoms with Gasteiger partial charge in [-0.2, -0.15) is 13.2 Å². The molecule has 0 aliphatic carbocycles. The Hall–Kier alpha value is -1.71. The highest BCUT2D eigenvalue weighted by atomic mass is 19.4. The number of benzene rings is 1. The van der Waals surface area contributed by atoms with Crippen LogP contribution in [0.3, 0.4) is 0 Å². The van der Waals surface area contributed by atoms with Gasteiger partial charge in [-0.3, -0.25) is 0 Å². The van der Waals surface area contributed by atoms with Crippen molar-refractivity contribution in [3.63, 3.8) is 0 Å². The molecule has 92 valence electrons. The first-order valence-corrected chi connectivity index (χ1v) is 4.66. The zero-order valence-corrected chi connectivity index (χ0v) is 9.08. The summed E-state index contributed by atoms with van der Waals surface area (Å²) in [4.78, 5) is 0. The summed E-state index contributed by atoms with van der Waals surface area (Å²) in [5, 5.41) is 9.77. The van der Waals surface area contributed by atoms with Gasteiger partial charge in [0.1, 0.15) is 5.75 Å². The van der Waals surface area contributed by atoms with Crippen molar-refractivity contribution in [2.75, 3.05) is 7.11 Å². The first-order chi connectivity index (χ1) is 7.86. The van der Waals surface area contributed by atoms with Gasteiger partial charge in [-0.25, -0.2) is 0 Å². The fraction of sp³-hybridized carbons (Fsp3) is 0.250. The molecule has 0 spiro atoms. The zero-order valence-electron chi connectivity index (χ0n) is 9.08. The largest absolute Gasteiger partial charge is 0.496 e. The molecular weight excluding hydrogens is 233 g/mol. The Morgan fingerprint density at radius 2 is 1.94 bits per heavy atom. The standard InChI is InChI=1S/C12H11F3O2/c1-3-8-11(16,12(13,14)15)9-6-4-5-7-10(9)17-2/h4-8,16H,1H2,2H3/t11-/m1/s1. The molecular formula is C12H11F3O2. The molecule has 0 aliphatic heterocycles. The number of hydrogen-bond donors (Lipinski definition) is 1. The minimum absolute atomic E-state index is 0.0566. The highest BCUT2D eigenvalue weighted by Gasteiger charge is 2.54. The molecule has 0 aromatic heterocycles. The molecule has 1 rings (SSSR count). The first kappa shape index (κ1) is 13.4. The molecule has 1 aromatic carbocycles. The van der Waals surface area contributed by atoms with Crippen LogP contribution in [0.15, 0.2) is 42.7 Å². The quantitative estimate of drug-likeness (QED) is 0.828. The fourth-order valence-corrected chi connectivity index (χ4v) is 1.42. The molecule has 0 aliphatic rings. The lowest BCUT2D eigenvalue weighted by atomic mass is 9.92. The Balaban J connectivity index is 3.48. The average molecular weight is 244 g/mol. The summed E-state index contributed by atoms with van der Waals surface area (Å²) in [7, 11) is 1.23. The van der Waals surface area contributed by atoms with E-state index in [0.29, 0.717) is 6.08 Å². The van der Waals surface area contributed by atoms with Crippen LogP contribution in [-0.4, -0.2) is 18.4 Å². The van der Waals surface area contributed by atoms with E-state index >= 15 is 0 Å². The monoisotopic (exact) mass is 244 g/mol. The van der Waals surface area contributed by atoms with E-state index in [-0.39, 0.29) is 5.75 Å². The van der Waals surface area contributed by atoms with Crippen molar-refractivity contribution in [2.24, 2.45) is 0 Å². The predicted octanol–water partition coefficient (Wildman–Crippen LogP) is 2.79. The number of aliphatic hydroxyl groups is 1. The summed E-state index contributed by atoms with van der Waals surface area (Å²) in [5.74, 6) is -0.0566. The van der Waals surface area contributed by atoms with Gasteiger partial charge in [-0.05, 0) is 6.07 Å². The minimum Gasteiger partial charge on any atom is -0.496 e. The Labute approximate surface area is 96.6 Å². The average Bonchev–Trinajstić information content (AvgIpc) is 2.27. The zero-order chi connectivity index (χ0) is 13.1. The van der Waals surface area contributed by atoms with Crippen LogP contribution in [0.25, 0.3) is 0 Å². The third kappa shape index (κ3) is 2.35. The summed E-state index contributed by atoms with van der Waals surface area (Å²) < 4.78 is 43.5. The predicted molar refractivity (Wildman–Crippen MR) is 56.7 cm³/mol. The van der Waals surface area contributed by atoms with E-state index in [1.807, 2.05) is 5.73 Å².